The van der Waals surface area contributed by atoms with Crippen molar-refractivity contribution in [3.05, 3.63) is 12.3 Å². The summed E-state index contributed by atoms with van der Waals surface area (Å²) in [6.07, 6.45) is 5.18. The lowest BCUT2D eigenvalue weighted by atomic mass is 9.86. The van der Waals surface area contributed by atoms with E-state index in [9.17, 15) is 10.1 Å². The highest BCUT2D eigenvalue weighted by atomic mass is 16.6. The molecule has 7 heteroatoms. The van der Waals surface area contributed by atoms with Gasteiger partial charge in [0, 0.05) is 20.3 Å². The van der Waals surface area contributed by atoms with Crippen LogP contribution >= 0.6 is 0 Å². The molecule has 0 fully saturated rings. The van der Waals surface area contributed by atoms with Crippen molar-refractivity contribution in [3.8, 4) is 0 Å². The summed E-state index contributed by atoms with van der Waals surface area (Å²) in [4.78, 5) is 4.09. The fourth-order valence-corrected chi connectivity index (χ4v) is 1.59. The van der Waals surface area contributed by atoms with Gasteiger partial charge in [-0.25, -0.2) is 9.50 Å². The van der Waals surface area contributed by atoms with Gasteiger partial charge < -0.3 is 14.8 Å². The molecule has 0 amide bonds. The molecule has 0 bridgehead atoms. The number of rotatable bonds is 5. The van der Waals surface area contributed by atoms with Crippen molar-refractivity contribution in [2.75, 3.05) is 20.6 Å². The van der Waals surface area contributed by atoms with Crippen LogP contribution in [0.4, 0.5) is 0 Å². The molecule has 0 radical (unpaired) electrons. The van der Waals surface area contributed by atoms with Gasteiger partial charge in [0.15, 0.2) is 6.34 Å². The molecule has 1 aliphatic rings. The van der Waals surface area contributed by atoms with E-state index in [1.54, 1.807) is 40.2 Å². The van der Waals surface area contributed by atoms with E-state index in [1.807, 2.05) is 25.2 Å². The van der Waals surface area contributed by atoms with Gasteiger partial charge in [-0.2, -0.15) is 5.01 Å². The number of nitrogens with zero attached hydrogens (tertiary/aromatic N) is 3. The van der Waals surface area contributed by atoms with Crippen molar-refractivity contribution in [3.63, 3.8) is 0 Å². The van der Waals surface area contributed by atoms with Gasteiger partial charge in [0.1, 0.15) is 6.54 Å². The first-order valence-corrected chi connectivity index (χ1v) is 6.36. The van der Waals surface area contributed by atoms with Crippen LogP contribution in [0.1, 0.15) is 27.7 Å². The monoisotopic (exact) mass is 270 g/mol. The third-order valence-corrected chi connectivity index (χ3v) is 3.86. The third-order valence-electron chi connectivity index (χ3n) is 3.86. The average molecular weight is 270 g/mol. The Morgan fingerprint density at radius 1 is 1.32 bits per heavy atom. The Morgan fingerprint density at radius 3 is 2.26 bits per heavy atom. The van der Waals surface area contributed by atoms with Crippen LogP contribution in [0.3, 0.4) is 0 Å². The molecule has 108 valence electrons. The van der Waals surface area contributed by atoms with E-state index in [1.165, 1.54) is 0 Å². The lowest BCUT2D eigenvalue weighted by Crippen LogP contribution is -2.69. The smallest absolute Gasteiger partial charge is 0.388 e. The minimum atomic E-state index is -1.15. The Hall–Kier alpha value is -0.725. The van der Waals surface area contributed by atoms with Gasteiger partial charge in [-0.3, -0.25) is 0 Å². The van der Waals surface area contributed by atoms with E-state index in [4.69, 9.17) is 4.65 Å². The van der Waals surface area contributed by atoms with Crippen molar-refractivity contribution < 1.29 is 19.3 Å². The quantitative estimate of drug-likeness (QED) is 0.709. The highest BCUT2D eigenvalue weighted by Gasteiger charge is 2.53. The van der Waals surface area contributed by atoms with Crippen LogP contribution in [0.5, 0.6) is 0 Å². The Kier molecular flexibility index (Phi) is 4.59. The first kappa shape index (κ1) is 16.3. The van der Waals surface area contributed by atoms with Crippen molar-refractivity contribution >= 4 is 13.6 Å². The van der Waals surface area contributed by atoms with E-state index < -0.39 is 18.5 Å². The molecule has 0 aliphatic carbocycles. The van der Waals surface area contributed by atoms with Crippen LogP contribution in [-0.2, 0) is 4.65 Å². The van der Waals surface area contributed by atoms with Crippen LogP contribution in [0.15, 0.2) is 17.3 Å². The van der Waals surface area contributed by atoms with Gasteiger partial charge in [0.25, 0.3) is 0 Å². The molecule has 0 aromatic rings. The second-order valence-corrected chi connectivity index (χ2v) is 6.08. The molecule has 1 rings (SSSR count). The van der Waals surface area contributed by atoms with Crippen LogP contribution in [0.25, 0.3) is 0 Å². The largest absolute Gasteiger partial charge is 0.784 e. The van der Waals surface area contributed by atoms with E-state index in [-0.39, 0.29) is 4.50 Å². The Labute approximate surface area is 115 Å². The summed E-state index contributed by atoms with van der Waals surface area (Å²) < 4.78 is 5.76. The van der Waals surface area contributed by atoms with Crippen LogP contribution in [0.2, 0.25) is 0 Å². The van der Waals surface area contributed by atoms with E-state index in [0.717, 1.165) is 0 Å². The van der Waals surface area contributed by atoms with E-state index in [0.29, 0.717) is 6.54 Å². The molecule has 0 spiro atoms. The molecule has 0 aromatic carbocycles. The van der Waals surface area contributed by atoms with Crippen molar-refractivity contribution in [2.45, 2.75) is 38.9 Å². The predicted octanol–water partition coefficient (Wildman–Crippen LogP) is 0.379. The van der Waals surface area contributed by atoms with Crippen LogP contribution in [-0.4, -0.2) is 65.1 Å². The summed E-state index contributed by atoms with van der Waals surface area (Å²) in [6, 6.07) is 0. The molecule has 1 heterocycles. The van der Waals surface area contributed by atoms with Crippen molar-refractivity contribution in [1.82, 2.24) is 5.01 Å². The van der Waals surface area contributed by atoms with E-state index in [2.05, 4.69) is 4.99 Å². The summed E-state index contributed by atoms with van der Waals surface area (Å²) in [7, 11) is 2.54. The minimum Gasteiger partial charge on any atom is -0.388 e. The van der Waals surface area contributed by atoms with Gasteiger partial charge in [0.2, 0.25) is 0 Å². The molecule has 0 saturated heterocycles. The predicted molar refractivity (Wildman–Crippen MR) is 75.9 cm³/mol. The van der Waals surface area contributed by atoms with Crippen molar-refractivity contribution in [1.29, 1.82) is 0 Å². The first-order chi connectivity index (χ1) is 8.53. The molecule has 2 N–H and O–H groups in total. The average Bonchev–Trinajstić information content (AvgIpc) is 2.27. The highest BCUT2D eigenvalue weighted by Crippen LogP contribution is 2.27. The maximum absolute atomic E-state index is 10.5. The van der Waals surface area contributed by atoms with Crippen LogP contribution in [0, 0.1) is 0 Å². The Morgan fingerprint density at radius 2 is 1.89 bits per heavy atom. The molecule has 1 aliphatic heterocycles. The SMILES string of the molecule is CN(C)[N+]1(B(O)OC(C)(C)C(C)(C)O)C=NC=CC1. The highest BCUT2D eigenvalue weighted by molar-refractivity contribution is 6.35. The number of aliphatic hydroxyl groups is 1. The molecule has 0 aromatic heterocycles. The Balaban J connectivity index is 2.95. The molecule has 1 unspecified atom stereocenters. The number of hydrogen-bond donors (Lipinski definition) is 2. The van der Waals surface area contributed by atoms with Gasteiger partial charge in [-0.1, -0.05) is 0 Å². The molecule has 6 nitrogen and oxygen atoms in total. The zero-order valence-corrected chi connectivity index (χ0v) is 12.7. The van der Waals surface area contributed by atoms with Gasteiger partial charge in [-0.15, -0.1) is 0 Å². The molecular weight excluding hydrogens is 245 g/mol. The fraction of sp³-hybridized carbons (Fsp3) is 0.750. The lowest BCUT2D eigenvalue weighted by molar-refractivity contribution is -0.862. The van der Waals surface area contributed by atoms with E-state index >= 15 is 0 Å². The summed E-state index contributed by atoms with van der Waals surface area (Å²) >= 11 is 0. The van der Waals surface area contributed by atoms with Gasteiger partial charge in [-0.05, 0) is 33.8 Å². The molecule has 1 atom stereocenters. The first-order valence-electron chi connectivity index (χ1n) is 6.36. The fourth-order valence-electron chi connectivity index (χ4n) is 1.59. The van der Waals surface area contributed by atoms with Crippen molar-refractivity contribution in [2.24, 2.45) is 4.99 Å². The summed E-state index contributed by atoms with van der Waals surface area (Å²) in [5.74, 6) is 0. The minimum absolute atomic E-state index is 0.0377. The summed E-state index contributed by atoms with van der Waals surface area (Å²) in [5, 5.41) is 22.4. The molecular formula is C12H25BN3O3+. The maximum atomic E-state index is 10.5. The zero-order chi connectivity index (χ0) is 14.9. The second-order valence-electron chi connectivity index (χ2n) is 6.08. The lowest BCUT2D eigenvalue weighted by Gasteiger charge is -2.43. The second kappa shape index (κ2) is 5.34. The topological polar surface area (TPSA) is 65.3 Å². The normalized spacial score (nSPS) is 24.1. The standard InChI is InChI=1S/C12H25BN3O3/c1-11(2,17)12(3,4)19-13(18)16(15(5)6)9-7-8-14-10-16/h7-8,10,17-18H,9H2,1-6H3/q+1. The van der Waals surface area contributed by atoms with Gasteiger partial charge in [0.05, 0.1) is 11.2 Å². The molecule has 19 heavy (non-hydrogen) atoms. The van der Waals surface area contributed by atoms with Crippen LogP contribution < -0.4 is 0 Å². The zero-order valence-electron chi connectivity index (χ0n) is 12.7. The number of aliphatic imine (C=N–C) groups is 1. The van der Waals surface area contributed by atoms with Gasteiger partial charge >= 0.3 is 7.25 Å². The summed E-state index contributed by atoms with van der Waals surface area (Å²) in [6.45, 7) is 7.35. The number of quaternary nitrogens is 1. The number of hydrogen-bond acceptors (Lipinski definition) is 5. The Bertz CT molecular complexity index is 377. The third kappa shape index (κ3) is 3.24. The maximum Gasteiger partial charge on any atom is 0.784 e. The molecule has 0 saturated carbocycles. The summed E-state index contributed by atoms with van der Waals surface area (Å²) in [5.41, 5.74) is -1.98.